The zero-order valence-electron chi connectivity index (χ0n) is 19.1. The first-order valence-corrected chi connectivity index (χ1v) is 12.1. The van der Waals surface area contributed by atoms with E-state index in [1.54, 1.807) is 18.2 Å². The molecule has 1 amide bonds. The Bertz CT molecular complexity index is 1250. The Morgan fingerprint density at radius 3 is 2.51 bits per heavy atom. The Morgan fingerprint density at radius 1 is 1.06 bits per heavy atom. The molecule has 1 unspecified atom stereocenters. The maximum absolute atomic E-state index is 15.1. The predicted octanol–water partition coefficient (Wildman–Crippen LogP) is 6.20. The number of β-lactam (4-membered cyclic amide) rings is 1. The van der Waals surface area contributed by atoms with Gasteiger partial charge in [-0.15, -0.1) is 0 Å². The molecule has 2 aliphatic rings. The first kappa shape index (κ1) is 23.8. The fourth-order valence-corrected chi connectivity index (χ4v) is 5.38. The number of benzene rings is 3. The molecule has 2 heterocycles. The second-order valence-corrected chi connectivity index (χ2v) is 9.57. The lowest BCUT2D eigenvalue weighted by Gasteiger charge is -2.57. The zero-order valence-corrected chi connectivity index (χ0v) is 20.7. The van der Waals surface area contributed by atoms with E-state index in [0.717, 1.165) is 5.56 Å². The van der Waals surface area contributed by atoms with Crippen molar-refractivity contribution in [3.05, 3.63) is 87.9 Å². The molecule has 0 aliphatic carbocycles. The fraction of sp³-hybridized carbons (Fsp3) is 0.296. The van der Waals surface area contributed by atoms with Gasteiger partial charge in [-0.2, -0.15) is 0 Å². The maximum Gasteiger partial charge on any atom is 0.236 e. The summed E-state index contributed by atoms with van der Waals surface area (Å²) in [6, 6.07) is 16.3. The smallest absolute Gasteiger partial charge is 0.236 e. The molecule has 2 fully saturated rings. The average Bonchev–Trinajstić information content (AvgIpc) is 2.88. The van der Waals surface area contributed by atoms with E-state index < -0.39 is 23.1 Å². The summed E-state index contributed by atoms with van der Waals surface area (Å²) in [5.41, 5.74) is 0.895. The van der Waals surface area contributed by atoms with Gasteiger partial charge in [0, 0.05) is 18.8 Å². The van der Waals surface area contributed by atoms with Gasteiger partial charge in [0.05, 0.1) is 28.7 Å². The van der Waals surface area contributed by atoms with Crippen LogP contribution in [0.15, 0.2) is 65.1 Å². The molecule has 0 N–H and O–H groups in total. The van der Waals surface area contributed by atoms with Crippen LogP contribution in [0.1, 0.15) is 30.0 Å². The number of anilines is 1. The largest absolute Gasteiger partial charge is 0.496 e. The number of nitrogens with zero attached hydrogens (tertiary/aromatic N) is 1. The topological polar surface area (TPSA) is 48.0 Å². The standard InChI is InChI=1S/C27H24BrF2NO4/c1-33-23-15-19(28)21(30)14-18(23)25-27(10-12-34-13-11-27)26(32)31(25)22-9-5-8-20(29)24(22)35-16-17-6-3-2-4-7-17/h2-9,14-15,25H,10-13,16H2,1H3. The number of carbonyl (C=O) groups is 1. The lowest BCUT2D eigenvalue weighted by atomic mass is 9.62. The van der Waals surface area contributed by atoms with E-state index in [2.05, 4.69) is 15.9 Å². The Kier molecular flexibility index (Phi) is 6.51. The van der Waals surface area contributed by atoms with Crippen LogP contribution in [0.3, 0.4) is 0 Å². The molecule has 3 aromatic carbocycles. The molecule has 35 heavy (non-hydrogen) atoms. The monoisotopic (exact) mass is 543 g/mol. The second kappa shape index (κ2) is 9.59. The van der Waals surface area contributed by atoms with Crippen molar-refractivity contribution in [2.24, 2.45) is 5.41 Å². The van der Waals surface area contributed by atoms with Crippen molar-refractivity contribution in [2.45, 2.75) is 25.5 Å². The van der Waals surface area contributed by atoms with Gasteiger partial charge in [-0.1, -0.05) is 36.4 Å². The Morgan fingerprint density at radius 2 is 1.80 bits per heavy atom. The highest BCUT2D eigenvalue weighted by Crippen LogP contribution is 2.60. The average molecular weight is 544 g/mol. The van der Waals surface area contributed by atoms with Crippen LogP contribution in [0, 0.1) is 17.0 Å². The van der Waals surface area contributed by atoms with Gasteiger partial charge in [0.15, 0.2) is 11.6 Å². The summed E-state index contributed by atoms with van der Waals surface area (Å²) < 4.78 is 47.1. The number of halogens is 3. The minimum Gasteiger partial charge on any atom is -0.496 e. The molecule has 1 spiro atoms. The third-order valence-corrected chi connectivity index (χ3v) is 7.42. The lowest BCUT2D eigenvalue weighted by molar-refractivity contribution is -0.149. The number of hydrogen-bond donors (Lipinski definition) is 0. The molecular weight excluding hydrogens is 520 g/mol. The van der Waals surface area contributed by atoms with Crippen LogP contribution in [0.25, 0.3) is 0 Å². The Hall–Kier alpha value is -2.97. The van der Waals surface area contributed by atoms with Crippen LogP contribution in [-0.4, -0.2) is 26.2 Å². The molecule has 3 aromatic rings. The van der Waals surface area contributed by atoms with Crippen molar-refractivity contribution in [1.29, 1.82) is 0 Å². The zero-order chi connectivity index (χ0) is 24.6. The van der Waals surface area contributed by atoms with Crippen LogP contribution >= 0.6 is 15.9 Å². The maximum atomic E-state index is 15.1. The van der Waals surface area contributed by atoms with E-state index in [-0.39, 0.29) is 22.7 Å². The SMILES string of the molecule is COc1cc(Br)c(F)cc1C1N(c2cccc(F)c2OCc2ccccc2)C(=O)C12CCOCC2. The van der Waals surface area contributed by atoms with Crippen LogP contribution < -0.4 is 14.4 Å². The molecule has 0 aromatic heterocycles. The van der Waals surface area contributed by atoms with Gasteiger partial charge in [-0.05, 0) is 58.6 Å². The van der Waals surface area contributed by atoms with Crippen LogP contribution in [0.2, 0.25) is 0 Å². The summed E-state index contributed by atoms with van der Waals surface area (Å²) in [6.07, 6.45) is 0.951. The van der Waals surface area contributed by atoms with Gasteiger partial charge in [0.1, 0.15) is 18.2 Å². The predicted molar refractivity (Wildman–Crippen MR) is 131 cm³/mol. The summed E-state index contributed by atoms with van der Waals surface area (Å²) >= 11 is 3.21. The first-order chi connectivity index (χ1) is 17.0. The summed E-state index contributed by atoms with van der Waals surface area (Å²) in [7, 11) is 1.50. The van der Waals surface area contributed by atoms with Crippen molar-refractivity contribution in [2.75, 3.05) is 25.2 Å². The molecule has 2 saturated heterocycles. The highest BCUT2D eigenvalue weighted by molar-refractivity contribution is 9.10. The van der Waals surface area contributed by atoms with Gasteiger partial charge in [0.2, 0.25) is 5.91 Å². The molecule has 0 bridgehead atoms. The highest BCUT2D eigenvalue weighted by atomic mass is 79.9. The number of carbonyl (C=O) groups excluding carboxylic acids is 1. The van der Waals surface area contributed by atoms with Crippen LogP contribution in [0.5, 0.6) is 11.5 Å². The van der Waals surface area contributed by atoms with E-state index in [9.17, 15) is 9.18 Å². The van der Waals surface area contributed by atoms with Gasteiger partial charge >= 0.3 is 0 Å². The molecule has 182 valence electrons. The second-order valence-electron chi connectivity index (χ2n) is 8.72. The summed E-state index contributed by atoms with van der Waals surface area (Å²) in [5, 5.41) is 0. The molecule has 8 heteroatoms. The number of hydrogen-bond acceptors (Lipinski definition) is 4. The summed E-state index contributed by atoms with van der Waals surface area (Å²) in [6.45, 7) is 0.965. The Balaban J connectivity index is 1.60. The first-order valence-electron chi connectivity index (χ1n) is 11.4. The number of amides is 1. The Labute approximate surface area is 210 Å². The molecule has 2 aliphatic heterocycles. The fourth-order valence-electron chi connectivity index (χ4n) is 5.06. The van der Waals surface area contributed by atoms with Crippen molar-refractivity contribution in [3.63, 3.8) is 0 Å². The van der Waals surface area contributed by atoms with Gasteiger partial charge in [0.25, 0.3) is 0 Å². The molecule has 5 rings (SSSR count). The van der Waals surface area contributed by atoms with Crippen LogP contribution in [0.4, 0.5) is 14.5 Å². The van der Waals surface area contributed by atoms with E-state index in [1.165, 1.54) is 24.1 Å². The third kappa shape index (κ3) is 4.08. The summed E-state index contributed by atoms with van der Waals surface area (Å²) in [4.78, 5) is 15.3. The molecule has 0 radical (unpaired) electrons. The van der Waals surface area contributed by atoms with Gasteiger partial charge < -0.3 is 14.2 Å². The van der Waals surface area contributed by atoms with Crippen molar-refractivity contribution in [1.82, 2.24) is 0 Å². The highest BCUT2D eigenvalue weighted by Gasteiger charge is 2.63. The molecule has 5 nitrogen and oxygen atoms in total. The third-order valence-electron chi connectivity index (χ3n) is 6.81. The lowest BCUT2D eigenvalue weighted by Crippen LogP contribution is -2.65. The molecular formula is C27H24BrF2NO4. The van der Waals surface area contributed by atoms with Crippen molar-refractivity contribution < 1.29 is 27.8 Å². The van der Waals surface area contributed by atoms with E-state index >= 15 is 4.39 Å². The minimum atomic E-state index is -0.797. The number of ether oxygens (including phenoxy) is 3. The number of rotatable bonds is 6. The quantitative estimate of drug-likeness (QED) is 0.347. The van der Waals surface area contributed by atoms with E-state index in [1.807, 2.05) is 30.3 Å². The number of para-hydroxylation sites is 1. The van der Waals surface area contributed by atoms with Crippen molar-refractivity contribution in [3.8, 4) is 11.5 Å². The van der Waals surface area contributed by atoms with E-state index in [0.29, 0.717) is 43.1 Å². The minimum absolute atomic E-state index is 0.0202. The van der Waals surface area contributed by atoms with Gasteiger partial charge in [-0.3, -0.25) is 9.69 Å². The van der Waals surface area contributed by atoms with Gasteiger partial charge in [-0.25, -0.2) is 8.78 Å². The molecule has 0 saturated carbocycles. The number of methoxy groups -OCH3 is 1. The van der Waals surface area contributed by atoms with Crippen LogP contribution in [-0.2, 0) is 16.1 Å². The normalized spacial score (nSPS) is 18.9. The van der Waals surface area contributed by atoms with E-state index in [4.69, 9.17) is 14.2 Å². The summed E-state index contributed by atoms with van der Waals surface area (Å²) in [5.74, 6) is -0.789. The van der Waals surface area contributed by atoms with Crippen molar-refractivity contribution >= 4 is 27.5 Å². The molecule has 1 atom stereocenters.